The summed E-state index contributed by atoms with van der Waals surface area (Å²) in [5, 5.41) is 2.00. The number of hydrogen-bond acceptors (Lipinski definition) is 3. The fourth-order valence-corrected chi connectivity index (χ4v) is 1.66. The number of rotatable bonds is 3. The molecule has 0 saturated carbocycles. The van der Waals surface area contributed by atoms with Gasteiger partial charge < -0.3 is 5.73 Å². The van der Waals surface area contributed by atoms with Crippen LogP contribution in [-0.4, -0.2) is 12.3 Å². The van der Waals surface area contributed by atoms with Gasteiger partial charge in [-0.15, -0.1) is 23.7 Å². The second-order valence-electron chi connectivity index (χ2n) is 3.05. The monoisotopic (exact) mass is 249 g/mol. The lowest BCUT2D eigenvalue weighted by Gasteiger charge is -1.87. The van der Waals surface area contributed by atoms with Crippen LogP contribution in [0.2, 0.25) is 0 Å². The van der Waals surface area contributed by atoms with E-state index in [-0.39, 0.29) is 18.2 Å². The number of aryl methyl sites for hydroxylation is 1. The van der Waals surface area contributed by atoms with E-state index in [0.717, 1.165) is 17.8 Å². The Balaban J connectivity index is 0. The van der Waals surface area contributed by atoms with Crippen LogP contribution >= 0.6 is 23.7 Å². The summed E-state index contributed by atoms with van der Waals surface area (Å²) in [5.41, 5.74) is 6.21. The molecule has 0 unspecified atom stereocenters. The summed E-state index contributed by atoms with van der Waals surface area (Å²) in [7, 11) is 0. The predicted octanol–water partition coefficient (Wildman–Crippen LogP) is 3.43. The molecule has 1 aromatic rings. The number of thiophene rings is 1. The van der Waals surface area contributed by atoms with Crippen molar-refractivity contribution in [3.63, 3.8) is 0 Å². The molecule has 0 aliphatic carbocycles. The van der Waals surface area contributed by atoms with E-state index in [2.05, 4.69) is 6.92 Å². The molecule has 0 aliphatic heterocycles. The summed E-state index contributed by atoms with van der Waals surface area (Å²) >= 11 is 1.53. The summed E-state index contributed by atoms with van der Waals surface area (Å²) in [5.74, 6) is 0.248. The molecule has 1 aromatic heterocycles. The van der Waals surface area contributed by atoms with E-state index >= 15 is 0 Å². The van der Waals surface area contributed by atoms with E-state index in [0.29, 0.717) is 6.42 Å². The van der Waals surface area contributed by atoms with Crippen molar-refractivity contribution in [3.8, 4) is 0 Å². The standard InChI is InChI=1S/C8H10OS.C3H9N.ClH/c1-3-7(9)8-4-6(2)5-10-8;1-2-3-4;/h4-5H,3H2,1-2H3;2-4H2,1H3;1H. The van der Waals surface area contributed by atoms with Crippen LogP contribution in [0.5, 0.6) is 0 Å². The number of Topliss-reactive ketones (excluding diaryl/α,β-unsaturated/α-hetero) is 1. The minimum absolute atomic E-state index is 0. The Morgan fingerprint density at radius 2 is 2.00 bits per heavy atom. The Hall–Kier alpha value is -0.380. The first-order chi connectivity index (χ1) is 6.65. The van der Waals surface area contributed by atoms with Gasteiger partial charge in [-0.1, -0.05) is 13.8 Å². The van der Waals surface area contributed by atoms with Gasteiger partial charge in [-0.3, -0.25) is 4.79 Å². The van der Waals surface area contributed by atoms with E-state index < -0.39 is 0 Å². The van der Waals surface area contributed by atoms with E-state index in [4.69, 9.17) is 5.73 Å². The Bertz CT molecular complexity index is 271. The molecule has 0 fully saturated rings. The van der Waals surface area contributed by atoms with Crippen molar-refractivity contribution >= 4 is 29.5 Å². The third-order valence-corrected chi connectivity index (χ3v) is 2.70. The Kier molecular flexibility index (Phi) is 11.5. The van der Waals surface area contributed by atoms with Crippen LogP contribution in [0.1, 0.15) is 41.9 Å². The second-order valence-corrected chi connectivity index (χ2v) is 3.96. The van der Waals surface area contributed by atoms with E-state index in [9.17, 15) is 4.79 Å². The molecule has 0 bridgehead atoms. The number of nitrogens with two attached hydrogens (primary N) is 1. The molecule has 0 aromatic carbocycles. The zero-order valence-corrected chi connectivity index (χ0v) is 11.2. The average Bonchev–Trinajstić information content (AvgIpc) is 2.64. The van der Waals surface area contributed by atoms with Crippen molar-refractivity contribution in [1.29, 1.82) is 0 Å². The Morgan fingerprint density at radius 3 is 2.27 bits per heavy atom. The SMILES string of the molecule is CCC(=O)c1cc(C)cs1.CCCN.Cl. The second kappa shape index (κ2) is 10.1. The van der Waals surface area contributed by atoms with Crippen LogP contribution in [-0.2, 0) is 0 Å². The average molecular weight is 250 g/mol. The summed E-state index contributed by atoms with van der Waals surface area (Å²) in [4.78, 5) is 11.9. The number of carbonyl (C=O) groups is 1. The number of carbonyl (C=O) groups excluding carboxylic acids is 1. The first kappa shape index (κ1) is 17.0. The van der Waals surface area contributed by atoms with Gasteiger partial charge >= 0.3 is 0 Å². The van der Waals surface area contributed by atoms with Crippen LogP contribution in [0.3, 0.4) is 0 Å². The van der Waals surface area contributed by atoms with Gasteiger partial charge in [0.2, 0.25) is 0 Å². The highest BCUT2D eigenvalue weighted by Gasteiger charge is 2.03. The summed E-state index contributed by atoms with van der Waals surface area (Å²) in [6.45, 7) is 6.76. The molecule has 2 N–H and O–H groups in total. The van der Waals surface area contributed by atoms with Gasteiger partial charge in [-0.2, -0.15) is 0 Å². The zero-order valence-electron chi connectivity index (χ0n) is 9.58. The number of hydrogen-bond donors (Lipinski definition) is 1. The molecule has 0 radical (unpaired) electrons. The minimum atomic E-state index is 0. The molecule has 0 amide bonds. The molecule has 1 rings (SSSR count). The molecule has 1 heterocycles. The molecular formula is C11H20ClNOS. The van der Waals surface area contributed by atoms with Gasteiger partial charge in [0.15, 0.2) is 5.78 Å². The molecule has 88 valence electrons. The molecular weight excluding hydrogens is 230 g/mol. The topological polar surface area (TPSA) is 43.1 Å². The van der Waals surface area contributed by atoms with E-state index in [1.807, 2.05) is 25.3 Å². The lowest BCUT2D eigenvalue weighted by atomic mass is 10.2. The van der Waals surface area contributed by atoms with Crippen LogP contribution in [0.15, 0.2) is 11.4 Å². The van der Waals surface area contributed by atoms with Crippen molar-refractivity contribution in [2.45, 2.75) is 33.6 Å². The highest BCUT2D eigenvalue weighted by atomic mass is 35.5. The smallest absolute Gasteiger partial charge is 0.172 e. The molecule has 2 nitrogen and oxygen atoms in total. The quantitative estimate of drug-likeness (QED) is 0.835. The van der Waals surface area contributed by atoms with Crippen molar-refractivity contribution in [1.82, 2.24) is 0 Å². The third-order valence-electron chi connectivity index (χ3n) is 1.62. The first-order valence-corrected chi connectivity index (χ1v) is 5.82. The largest absolute Gasteiger partial charge is 0.330 e. The third kappa shape index (κ3) is 7.54. The van der Waals surface area contributed by atoms with E-state index in [1.54, 1.807) is 0 Å². The lowest BCUT2D eigenvalue weighted by molar-refractivity contribution is 0.0992. The highest BCUT2D eigenvalue weighted by molar-refractivity contribution is 7.12. The maximum absolute atomic E-state index is 11.0. The van der Waals surface area contributed by atoms with Crippen molar-refractivity contribution < 1.29 is 4.79 Å². The molecule has 0 spiro atoms. The molecule has 0 atom stereocenters. The van der Waals surface area contributed by atoms with Crippen molar-refractivity contribution in [3.05, 3.63) is 21.9 Å². The van der Waals surface area contributed by atoms with Crippen LogP contribution in [0.25, 0.3) is 0 Å². The first-order valence-electron chi connectivity index (χ1n) is 4.94. The summed E-state index contributed by atoms with van der Waals surface area (Å²) < 4.78 is 0. The van der Waals surface area contributed by atoms with Gasteiger partial charge in [0, 0.05) is 6.42 Å². The normalized spacial score (nSPS) is 8.53. The van der Waals surface area contributed by atoms with Crippen LogP contribution in [0, 0.1) is 6.92 Å². The molecule has 4 heteroatoms. The Morgan fingerprint density at radius 1 is 1.47 bits per heavy atom. The van der Waals surface area contributed by atoms with E-state index in [1.165, 1.54) is 16.9 Å². The highest BCUT2D eigenvalue weighted by Crippen LogP contribution is 2.14. The van der Waals surface area contributed by atoms with Gasteiger partial charge in [0.05, 0.1) is 4.88 Å². The number of halogens is 1. The molecule has 0 saturated heterocycles. The lowest BCUT2D eigenvalue weighted by Crippen LogP contribution is -1.93. The summed E-state index contributed by atoms with van der Waals surface area (Å²) in [6, 6.07) is 1.94. The maximum Gasteiger partial charge on any atom is 0.172 e. The minimum Gasteiger partial charge on any atom is -0.330 e. The summed E-state index contributed by atoms with van der Waals surface area (Å²) in [6.07, 6.45) is 1.71. The Labute approximate surface area is 102 Å². The van der Waals surface area contributed by atoms with Crippen molar-refractivity contribution in [2.24, 2.45) is 5.73 Å². The van der Waals surface area contributed by atoms with Crippen molar-refractivity contribution in [2.75, 3.05) is 6.54 Å². The molecule has 0 aliphatic rings. The predicted molar refractivity (Wildman–Crippen MR) is 70.3 cm³/mol. The van der Waals surface area contributed by atoms with Crippen LogP contribution in [0.4, 0.5) is 0 Å². The molecule has 15 heavy (non-hydrogen) atoms. The fourth-order valence-electron chi connectivity index (χ4n) is 0.752. The van der Waals surface area contributed by atoms with Crippen LogP contribution < -0.4 is 5.73 Å². The zero-order chi connectivity index (χ0) is 11.0. The maximum atomic E-state index is 11.0. The van der Waals surface area contributed by atoms with Gasteiger partial charge in [0.25, 0.3) is 0 Å². The van der Waals surface area contributed by atoms with Gasteiger partial charge in [-0.05, 0) is 36.9 Å². The number of ketones is 1. The fraction of sp³-hybridized carbons (Fsp3) is 0.545. The van der Waals surface area contributed by atoms with Gasteiger partial charge in [0.1, 0.15) is 0 Å². The van der Waals surface area contributed by atoms with Gasteiger partial charge in [-0.25, -0.2) is 0 Å².